The average Bonchev–Trinajstić information content (AvgIpc) is 3.97. The van der Waals surface area contributed by atoms with Crippen molar-refractivity contribution in [2.45, 2.75) is 163 Å². The first-order valence-corrected chi connectivity index (χ1v) is 28.7. The highest BCUT2D eigenvalue weighted by molar-refractivity contribution is 6.20. The SMILES string of the molecule is C/C1=C/C=C/[C@H](C)C[C@@H](C)[C@@H](OC(C)(C)O)[C@@H](C)[C@H](OC(=O)CC(=O)N2CCC(N(C)c3ccccc3)CC2)[C@H](C)C/C=C/C[C@@]2(C)Oc3c(C)c(O)c4c(O)c(c5c(c4c3C2=O)=NC2(CCN(CC(C)C)CC2)N=5)NC1=O.CO. The number of aliphatic hydroxyl groups is 2. The zero-order valence-electron chi connectivity index (χ0n) is 49.5. The number of phenols is 2. The number of para-hydroxylation sites is 1. The number of amides is 2. The molecular formula is C63H88N6O11. The number of benzene rings is 3. The topological polar surface area (TPSA) is 223 Å². The molecule has 6 aliphatic heterocycles. The fourth-order valence-electron chi connectivity index (χ4n) is 12.4. The molecule has 0 unspecified atom stereocenters. The van der Waals surface area contributed by atoms with E-state index in [1.54, 1.807) is 45.6 Å². The number of carbonyl (C=O) groups excluding carboxylic acids is 4. The number of phenolic OH excluding ortho intramolecular Hbond substituents is 2. The Labute approximate surface area is 472 Å². The lowest BCUT2D eigenvalue weighted by Gasteiger charge is -2.40. The van der Waals surface area contributed by atoms with Crippen molar-refractivity contribution >= 4 is 45.7 Å². The van der Waals surface area contributed by atoms with Crippen molar-refractivity contribution < 1.29 is 53.8 Å². The van der Waals surface area contributed by atoms with E-state index < -0.39 is 59.2 Å². The number of rotatable bonds is 9. The molecule has 2 saturated heterocycles. The summed E-state index contributed by atoms with van der Waals surface area (Å²) in [6, 6.07) is 10.4. The molecule has 5 bridgehead atoms. The minimum atomic E-state index is -1.54. The number of piperidine rings is 2. The second-order valence-corrected chi connectivity index (χ2v) is 24.3. The number of Topliss-reactive ketones (excluding diaryl/α,β-unsaturated/α-hetero) is 1. The molecule has 6 heterocycles. The predicted octanol–water partition coefficient (Wildman–Crippen LogP) is 8.47. The van der Waals surface area contributed by atoms with Gasteiger partial charge in [-0.25, -0.2) is 0 Å². The maximum Gasteiger partial charge on any atom is 0.315 e. The Morgan fingerprint density at radius 1 is 0.912 bits per heavy atom. The predicted molar refractivity (Wildman–Crippen MR) is 310 cm³/mol. The summed E-state index contributed by atoms with van der Waals surface area (Å²) in [6.45, 7) is 24.0. The number of aromatic hydroxyl groups is 2. The Morgan fingerprint density at radius 2 is 1.56 bits per heavy atom. The molecular weight excluding hydrogens is 1020 g/mol. The molecule has 17 heteroatoms. The molecule has 5 N–H and O–H groups in total. The fraction of sp³-hybridized carbons (Fsp3) is 0.587. The Balaban J connectivity index is 0.00000457. The maximum atomic E-state index is 15.1. The second kappa shape index (κ2) is 25.3. The summed E-state index contributed by atoms with van der Waals surface area (Å²) in [7, 11) is 3.07. The zero-order valence-corrected chi connectivity index (χ0v) is 49.5. The highest BCUT2D eigenvalue weighted by Crippen LogP contribution is 2.50. The smallest absolute Gasteiger partial charge is 0.315 e. The van der Waals surface area contributed by atoms with E-state index in [1.807, 2.05) is 63.3 Å². The molecule has 0 aromatic heterocycles. The van der Waals surface area contributed by atoms with Crippen LogP contribution >= 0.6 is 0 Å². The van der Waals surface area contributed by atoms with Gasteiger partial charge >= 0.3 is 5.97 Å². The van der Waals surface area contributed by atoms with Crippen LogP contribution in [0.25, 0.3) is 10.8 Å². The van der Waals surface area contributed by atoms with Crippen molar-refractivity contribution in [1.82, 2.24) is 9.80 Å². The number of ketones is 1. The first-order chi connectivity index (χ1) is 37.8. The Morgan fingerprint density at radius 3 is 2.20 bits per heavy atom. The van der Waals surface area contributed by atoms with E-state index >= 15 is 4.79 Å². The van der Waals surface area contributed by atoms with Gasteiger partial charge in [-0.2, -0.15) is 0 Å². The number of ether oxygens (including phenoxy) is 3. The molecule has 2 fully saturated rings. The van der Waals surface area contributed by atoms with Gasteiger partial charge < -0.3 is 54.7 Å². The molecule has 9 rings (SSSR count). The van der Waals surface area contributed by atoms with Gasteiger partial charge in [0.1, 0.15) is 35.1 Å². The summed E-state index contributed by atoms with van der Waals surface area (Å²) in [4.78, 5) is 74.0. The fourth-order valence-corrected chi connectivity index (χ4v) is 12.4. The molecule has 0 saturated carbocycles. The summed E-state index contributed by atoms with van der Waals surface area (Å²) in [5, 5.41) is 46.2. The second-order valence-electron chi connectivity index (χ2n) is 24.3. The van der Waals surface area contributed by atoms with Crippen molar-refractivity contribution in [1.29, 1.82) is 0 Å². The van der Waals surface area contributed by atoms with Crippen molar-refractivity contribution in [2.75, 3.05) is 57.1 Å². The number of hydrogen-bond donors (Lipinski definition) is 5. The van der Waals surface area contributed by atoms with Crippen LogP contribution in [0.2, 0.25) is 0 Å². The first kappa shape index (κ1) is 61.5. The highest BCUT2D eigenvalue weighted by Gasteiger charge is 2.48. The van der Waals surface area contributed by atoms with Gasteiger partial charge in [0.25, 0.3) is 5.91 Å². The molecule has 1 spiro atoms. The summed E-state index contributed by atoms with van der Waals surface area (Å²) in [5.74, 6) is -4.43. The van der Waals surface area contributed by atoms with Crippen molar-refractivity contribution in [3.63, 3.8) is 0 Å². The van der Waals surface area contributed by atoms with Crippen molar-refractivity contribution in [3.05, 3.63) is 88.1 Å². The van der Waals surface area contributed by atoms with E-state index in [-0.39, 0.29) is 86.3 Å². The number of esters is 1. The number of allylic oxidation sites excluding steroid dienone is 4. The van der Waals surface area contributed by atoms with Crippen LogP contribution in [-0.4, -0.2) is 136 Å². The molecule has 7 atom stereocenters. The maximum absolute atomic E-state index is 15.1. The quantitative estimate of drug-likeness (QED) is 0.0447. The minimum absolute atomic E-state index is 0.00699. The molecule has 0 radical (unpaired) electrons. The van der Waals surface area contributed by atoms with Gasteiger partial charge in [0.2, 0.25) is 11.7 Å². The van der Waals surface area contributed by atoms with Crippen LogP contribution in [0, 0.1) is 36.5 Å². The number of carbonyl (C=O) groups is 4. The number of nitrogens with one attached hydrogen (secondary N) is 1. The Kier molecular flexibility index (Phi) is 19.5. The zero-order chi connectivity index (χ0) is 58.6. The number of aliphatic hydroxyl groups excluding tert-OH is 1. The third-order valence-electron chi connectivity index (χ3n) is 16.8. The van der Waals surface area contributed by atoms with Crippen molar-refractivity contribution in [2.24, 2.45) is 39.6 Å². The highest BCUT2D eigenvalue weighted by atomic mass is 16.6. The molecule has 436 valence electrons. The van der Waals surface area contributed by atoms with Gasteiger partial charge in [0.05, 0.1) is 22.4 Å². The summed E-state index contributed by atoms with van der Waals surface area (Å²) >= 11 is 0. The Bertz CT molecular complexity index is 2990. The summed E-state index contributed by atoms with van der Waals surface area (Å²) in [5.41, 5.74) is -0.482. The van der Waals surface area contributed by atoms with E-state index in [0.29, 0.717) is 55.6 Å². The van der Waals surface area contributed by atoms with Crippen LogP contribution in [-0.2, 0) is 23.9 Å². The third kappa shape index (κ3) is 13.4. The molecule has 0 aliphatic carbocycles. The van der Waals surface area contributed by atoms with E-state index in [4.69, 9.17) is 29.3 Å². The summed E-state index contributed by atoms with van der Waals surface area (Å²) < 4.78 is 19.5. The minimum Gasteiger partial charge on any atom is -0.507 e. The van der Waals surface area contributed by atoms with Crippen LogP contribution < -0.4 is 25.7 Å². The van der Waals surface area contributed by atoms with Crippen LogP contribution in [0.3, 0.4) is 0 Å². The van der Waals surface area contributed by atoms with Gasteiger partial charge in [-0.15, -0.1) is 0 Å². The lowest BCUT2D eigenvalue weighted by atomic mass is 9.79. The van der Waals surface area contributed by atoms with Crippen LogP contribution in [0.15, 0.2) is 76.3 Å². The molecule has 80 heavy (non-hydrogen) atoms. The molecule has 2 amide bonds. The summed E-state index contributed by atoms with van der Waals surface area (Å²) in [6.07, 6.45) is 11.3. The van der Waals surface area contributed by atoms with E-state index in [9.17, 15) is 29.7 Å². The van der Waals surface area contributed by atoms with Gasteiger partial charge in [-0.3, -0.25) is 29.2 Å². The van der Waals surface area contributed by atoms with Gasteiger partial charge in [0.15, 0.2) is 22.8 Å². The van der Waals surface area contributed by atoms with Crippen LogP contribution in [0.1, 0.15) is 137 Å². The number of fused-ring (bicyclic) bond motifs is 13. The van der Waals surface area contributed by atoms with E-state index in [0.717, 1.165) is 45.3 Å². The average molecular weight is 1110 g/mol. The number of nitrogens with zero attached hydrogens (tertiary/aromatic N) is 5. The lowest BCUT2D eigenvalue weighted by molar-refractivity contribution is -0.237. The number of likely N-dealkylation sites (tertiary alicyclic amines) is 2. The molecule has 3 aromatic carbocycles. The van der Waals surface area contributed by atoms with Gasteiger partial charge in [0, 0.05) is 100 Å². The monoisotopic (exact) mass is 1100 g/mol. The van der Waals surface area contributed by atoms with Crippen molar-refractivity contribution in [3.8, 4) is 17.2 Å². The first-order valence-electron chi connectivity index (χ1n) is 28.7. The molecule has 6 aliphatic rings. The third-order valence-corrected chi connectivity index (χ3v) is 16.8. The van der Waals surface area contributed by atoms with Gasteiger partial charge in [-0.05, 0) is 96.1 Å². The van der Waals surface area contributed by atoms with Gasteiger partial charge in [-0.1, -0.05) is 90.1 Å². The molecule has 3 aromatic rings. The molecule has 17 nitrogen and oxygen atoms in total. The van der Waals surface area contributed by atoms with E-state index in [2.05, 4.69) is 55.1 Å². The van der Waals surface area contributed by atoms with Crippen LogP contribution in [0.5, 0.6) is 17.2 Å². The largest absolute Gasteiger partial charge is 0.507 e. The lowest BCUT2D eigenvalue weighted by Crippen LogP contribution is -2.47. The number of anilines is 2. The normalized spacial score (nSPS) is 27.2. The van der Waals surface area contributed by atoms with Crippen LogP contribution in [0.4, 0.5) is 11.4 Å². The Hall–Kier alpha value is -6.14. The standard InChI is InChI=1S/C62H84N6O10.CH4O/c1-36(2)35-67-31-27-62(28-32-67)64-50-47-48-53(71)41(7)57-49(47)58(73)61(11,78-57)26-17-16-20-38(4)55(76-46(70)34-45(69)68-29-24-44(25-30-68)66(12)43-22-14-13-15-23-43)42(8)56(77-60(9,10)75)40(6)33-37(3)19-18-21-39(5)59(74)63-52(54(48)72)51(50)65-62;1-2/h13-19,21-23,36-38,40,42,44,55-56,71-72,75H,20,24-35H2,1-12H3,(H,63,74);2H,1H3/b17-16+,19-18+,39-21-;/t37-,38+,40+,42-,55+,56+,61+;/m0./s1. The number of hydrogen-bond acceptors (Lipinski definition) is 15. The van der Waals surface area contributed by atoms with E-state index in [1.165, 1.54) is 0 Å².